The van der Waals surface area contributed by atoms with E-state index in [1.54, 1.807) is 0 Å². The molecule has 3 rings (SSSR count). The summed E-state index contributed by atoms with van der Waals surface area (Å²) in [6.07, 6.45) is 1.37. The number of amides is 1. The molecule has 2 aromatic rings. The standard InChI is InChI=1S/C22H27NO4/c1-4-25-20-12-17-11-16(3)27-21(17)13-18(20)14-23-22(24)9-10-26-19-8-6-5-7-15(19)2/h5-8,12-13,16H,4,9-11,14H2,1-3H3,(H,23,24)/t16-/m0/s1. The molecule has 0 unspecified atom stereocenters. The average molecular weight is 369 g/mol. The molecule has 0 fully saturated rings. The highest BCUT2D eigenvalue weighted by Crippen LogP contribution is 2.35. The number of fused-ring (bicyclic) bond motifs is 1. The number of carbonyl (C=O) groups excluding carboxylic acids is 1. The normalized spacial score (nSPS) is 15.0. The van der Waals surface area contributed by atoms with Crippen molar-refractivity contribution in [3.8, 4) is 17.2 Å². The lowest BCUT2D eigenvalue weighted by Crippen LogP contribution is -2.24. The van der Waals surface area contributed by atoms with E-state index in [0.29, 0.717) is 26.2 Å². The molecule has 1 atom stereocenters. The lowest BCUT2D eigenvalue weighted by atomic mass is 10.1. The van der Waals surface area contributed by atoms with Crippen LogP contribution >= 0.6 is 0 Å². The van der Waals surface area contributed by atoms with Crippen LogP contribution < -0.4 is 19.5 Å². The predicted molar refractivity (Wildman–Crippen MR) is 105 cm³/mol. The topological polar surface area (TPSA) is 56.8 Å². The zero-order chi connectivity index (χ0) is 19.2. The van der Waals surface area contributed by atoms with Crippen LogP contribution in [0.5, 0.6) is 17.2 Å². The molecule has 0 radical (unpaired) electrons. The summed E-state index contributed by atoms with van der Waals surface area (Å²) in [5, 5.41) is 2.95. The highest BCUT2D eigenvalue weighted by molar-refractivity contribution is 5.76. The van der Waals surface area contributed by atoms with Gasteiger partial charge in [0.05, 0.1) is 19.6 Å². The summed E-state index contributed by atoms with van der Waals surface area (Å²) >= 11 is 0. The Morgan fingerprint density at radius 1 is 1.22 bits per heavy atom. The van der Waals surface area contributed by atoms with E-state index in [2.05, 4.69) is 12.2 Å². The van der Waals surface area contributed by atoms with Crippen LogP contribution in [0.25, 0.3) is 0 Å². The zero-order valence-electron chi connectivity index (χ0n) is 16.2. The number of aryl methyl sites for hydroxylation is 1. The van der Waals surface area contributed by atoms with Crippen LogP contribution in [0, 0.1) is 6.92 Å². The van der Waals surface area contributed by atoms with Crippen molar-refractivity contribution in [1.29, 1.82) is 0 Å². The van der Waals surface area contributed by atoms with E-state index >= 15 is 0 Å². The number of ether oxygens (including phenoxy) is 3. The molecule has 0 spiro atoms. The van der Waals surface area contributed by atoms with E-state index in [1.165, 1.54) is 0 Å². The number of carbonyl (C=O) groups is 1. The molecule has 1 aliphatic heterocycles. The fourth-order valence-corrected chi connectivity index (χ4v) is 3.16. The van der Waals surface area contributed by atoms with Crippen molar-refractivity contribution in [3.63, 3.8) is 0 Å². The maximum absolute atomic E-state index is 12.2. The fourth-order valence-electron chi connectivity index (χ4n) is 3.16. The average Bonchev–Trinajstić information content (AvgIpc) is 3.00. The lowest BCUT2D eigenvalue weighted by molar-refractivity contribution is -0.121. The minimum Gasteiger partial charge on any atom is -0.494 e. The maximum atomic E-state index is 12.2. The Labute approximate surface area is 160 Å². The second-order valence-electron chi connectivity index (χ2n) is 6.77. The van der Waals surface area contributed by atoms with Crippen LogP contribution in [0.15, 0.2) is 36.4 Å². The van der Waals surface area contributed by atoms with Gasteiger partial charge in [-0.25, -0.2) is 0 Å². The van der Waals surface area contributed by atoms with Crippen LogP contribution in [0.1, 0.15) is 37.0 Å². The molecule has 1 aliphatic rings. The highest BCUT2D eigenvalue weighted by Gasteiger charge is 2.22. The Morgan fingerprint density at radius 2 is 2.04 bits per heavy atom. The quantitative estimate of drug-likeness (QED) is 0.769. The Morgan fingerprint density at radius 3 is 2.81 bits per heavy atom. The fraction of sp³-hybridized carbons (Fsp3) is 0.409. The van der Waals surface area contributed by atoms with Crippen LogP contribution in [-0.4, -0.2) is 25.2 Å². The van der Waals surface area contributed by atoms with E-state index in [4.69, 9.17) is 14.2 Å². The predicted octanol–water partition coefficient (Wildman–Crippen LogP) is 3.80. The molecule has 0 saturated heterocycles. The van der Waals surface area contributed by atoms with Crippen molar-refractivity contribution in [2.75, 3.05) is 13.2 Å². The maximum Gasteiger partial charge on any atom is 0.223 e. The summed E-state index contributed by atoms with van der Waals surface area (Å²) in [7, 11) is 0. The van der Waals surface area contributed by atoms with Gasteiger partial charge in [0.25, 0.3) is 0 Å². The van der Waals surface area contributed by atoms with Gasteiger partial charge in [-0.05, 0) is 44.5 Å². The third-order valence-electron chi connectivity index (χ3n) is 4.54. The first-order valence-corrected chi connectivity index (χ1v) is 9.47. The number of nitrogens with one attached hydrogen (secondary N) is 1. The molecule has 1 heterocycles. The van der Waals surface area contributed by atoms with Gasteiger partial charge in [0.15, 0.2) is 0 Å². The molecule has 0 aromatic heterocycles. The van der Waals surface area contributed by atoms with Gasteiger partial charge >= 0.3 is 0 Å². The number of rotatable bonds is 8. The SMILES string of the molecule is CCOc1cc2c(cc1CNC(=O)CCOc1ccccc1C)O[C@@H](C)C2. The molecule has 2 aromatic carbocycles. The van der Waals surface area contributed by atoms with Crippen molar-refractivity contribution in [2.45, 2.75) is 46.3 Å². The summed E-state index contributed by atoms with van der Waals surface area (Å²) in [4.78, 5) is 12.2. The molecule has 0 aliphatic carbocycles. The number of benzene rings is 2. The number of hydrogen-bond donors (Lipinski definition) is 1. The van der Waals surface area contributed by atoms with E-state index in [9.17, 15) is 4.79 Å². The molecule has 27 heavy (non-hydrogen) atoms. The summed E-state index contributed by atoms with van der Waals surface area (Å²) in [5.41, 5.74) is 3.15. The summed E-state index contributed by atoms with van der Waals surface area (Å²) in [6.45, 7) is 7.33. The summed E-state index contributed by atoms with van der Waals surface area (Å²) < 4.78 is 17.3. The second kappa shape index (κ2) is 8.80. The largest absolute Gasteiger partial charge is 0.494 e. The molecule has 5 heteroatoms. The van der Waals surface area contributed by atoms with Gasteiger partial charge in [0.1, 0.15) is 23.4 Å². The Hall–Kier alpha value is -2.69. The Kier molecular flexibility index (Phi) is 6.22. The Bertz CT molecular complexity index is 803. The van der Waals surface area contributed by atoms with Crippen molar-refractivity contribution in [2.24, 2.45) is 0 Å². The van der Waals surface area contributed by atoms with E-state index in [0.717, 1.165) is 40.4 Å². The van der Waals surface area contributed by atoms with Crippen molar-refractivity contribution < 1.29 is 19.0 Å². The third kappa shape index (κ3) is 4.94. The van der Waals surface area contributed by atoms with Crippen molar-refractivity contribution in [1.82, 2.24) is 5.32 Å². The van der Waals surface area contributed by atoms with Gasteiger partial charge in [-0.1, -0.05) is 18.2 Å². The molecule has 0 saturated carbocycles. The van der Waals surface area contributed by atoms with Gasteiger partial charge in [-0.15, -0.1) is 0 Å². The summed E-state index contributed by atoms with van der Waals surface area (Å²) in [6, 6.07) is 11.8. The van der Waals surface area contributed by atoms with Crippen molar-refractivity contribution in [3.05, 3.63) is 53.1 Å². The van der Waals surface area contributed by atoms with Gasteiger partial charge in [0.2, 0.25) is 5.91 Å². The highest BCUT2D eigenvalue weighted by atomic mass is 16.5. The van der Waals surface area contributed by atoms with Gasteiger partial charge in [-0.3, -0.25) is 4.79 Å². The number of para-hydroxylation sites is 1. The smallest absolute Gasteiger partial charge is 0.223 e. The summed E-state index contributed by atoms with van der Waals surface area (Å²) in [5.74, 6) is 2.46. The van der Waals surface area contributed by atoms with E-state index in [-0.39, 0.29) is 12.0 Å². The first-order chi connectivity index (χ1) is 13.1. The van der Waals surface area contributed by atoms with Gasteiger partial charge in [0, 0.05) is 24.1 Å². The minimum absolute atomic E-state index is 0.0548. The molecule has 1 amide bonds. The van der Waals surface area contributed by atoms with Crippen LogP contribution in [0.4, 0.5) is 0 Å². The van der Waals surface area contributed by atoms with E-state index in [1.807, 2.05) is 50.2 Å². The van der Waals surface area contributed by atoms with Crippen molar-refractivity contribution >= 4 is 5.91 Å². The zero-order valence-corrected chi connectivity index (χ0v) is 16.2. The van der Waals surface area contributed by atoms with Gasteiger partial charge in [-0.2, -0.15) is 0 Å². The van der Waals surface area contributed by atoms with E-state index < -0.39 is 0 Å². The second-order valence-corrected chi connectivity index (χ2v) is 6.77. The van der Waals surface area contributed by atoms with Crippen LogP contribution in [0.3, 0.4) is 0 Å². The lowest BCUT2D eigenvalue weighted by Gasteiger charge is -2.14. The minimum atomic E-state index is -0.0548. The monoisotopic (exact) mass is 369 g/mol. The van der Waals surface area contributed by atoms with Gasteiger partial charge < -0.3 is 19.5 Å². The first-order valence-electron chi connectivity index (χ1n) is 9.47. The third-order valence-corrected chi connectivity index (χ3v) is 4.54. The molecular formula is C22H27NO4. The molecule has 144 valence electrons. The first kappa shape index (κ1) is 19.1. The van der Waals surface area contributed by atoms with Crippen LogP contribution in [0.2, 0.25) is 0 Å². The molecule has 0 bridgehead atoms. The molecular weight excluding hydrogens is 342 g/mol. The number of hydrogen-bond acceptors (Lipinski definition) is 4. The molecule has 1 N–H and O–H groups in total. The molecule has 5 nitrogen and oxygen atoms in total. The van der Waals surface area contributed by atoms with Crippen LogP contribution in [-0.2, 0) is 17.8 Å². The Balaban J connectivity index is 1.54.